The summed E-state index contributed by atoms with van der Waals surface area (Å²) in [7, 11) is 0. The molecule has 0 radical (unpaired) electrons. The number of hydrogen-bond donors (Lipinski definition) is 0. The highest BCUT2D eigenvalue weighted by Gasteiger charge is 2.20. The standard InChI is InChI=1S/C39H25N3O/c1-2-11-26(12-3-1)33-20-21-34(28-19-18-25-10-4-5-13-27(25)22-28)41-39(40-33)42-35-16-8-6-14-29(35)31-23-32-30-15-7-9-17-37(30)43-38(32)24-36(31)42/h1-19,21-24H,20H2. The van der Waals surface area contributed by atoms with Crippen LogP contribution in [0.2, 0.25) is 0 Å². The second-order valence-electron chi connectivity index (χ2n) is 11.0. The molecule has 4 nitrogen and oxygen atoms in total. The largest absolute Gasteiger partial charge is 0.456 e. The lowest BCUT2D eigenvalue weighted by atomic mass is 10.0. The molecule has 0 spiro atoms. The van der Waals surface area contributed by atoms with Crippen LogP contribution in [0.4, 0.5) is 0 Å². The fraction of sp³-hybridized carbons (Fsp3) is 0.0256. The average Bonchev–Trinajstić information content (AvgIpc) is 3.49. The van der Waals surface area contributed by atoms with Crippen LogP contribution in [0.15, 0.2) is 154 Å². The van der Waals surface area contributed by atoms with Gasteiger partial charge in [-0.05, 0) is 40.6 Å². The molecule has 202 valence electrons. The zero-order chi connectivity index (χ0) is 28.3. The lowest BCUT2D eigenvalue weighted by Crippen LogP contribution is -2.12. The molecule has 3 heterocycles. The van der Waals surface area contributed by atoms with E-state index in [1.54, 1.807) is 0 Å². The normalized spacial score (nSPS) is 13.9. The molecule has 4 heteroatoms. The number of rotatable bonds is 2. The van der Waals surface area contributed by atoms with Crippen molar-refractivity contribution in [3.8, 4) is 0 Å². The summed E-state index contributed by atoms with van der Waals surface area (Å²) in [6.07, 6.45) is 2.87. The molecule has 43 heavy (non-hydrogen) atoms. The van der Waals surface area contributed by atoms with E-state index in [4.69, 9.17) is 14.4 Å². The van der Waals surface area contributed by atoms with E-state index in [1.807, 2.05) is 18.2 Å². The van der Waals surface area contributed by atoms with Crippen LogP contribution in [0, 0.1) is 0 Å². The van der Waals surface area contributed by atoms with Crippen molar-refractivity contribution in [1.29, 1.82) is 0 Å². The first-order valence-electron chi connectivity index (χ1n) is 14.6. The smallest absolute Gasteiger partial charge is 0.235 e. The van der Waals surface area contributed by atoms with Gasteiger partial charge >= 0.3 is 0 Å². The Kier molecular flexibility index (Phi) is 5.23. The molecule has 1 aliphatic heterocycles. The quantitative estimate of drug-likeness (QED) is 0.211. The van der Waals surface area contributed by atoms with E-state index < -0.39 is 0 Å². The van der Waals surface area contributed by atoms with Gasteiger partial charge < -0.3 is 4.42 Å². The molecule has 0 fully saturated rings. The molecule has 9 rings (SSSR count). The molecule has 1 aliphatic rings. The fourth-order valence-electron chi connectivity index (χ4n) is 6.39. The Labute approximate surface area is 247 Å². The Balaban J connectivity index is 1.33. The van der Waals surface area contributed by atoms with Crippen LogP contribution in [0.5, 0.6) is 0 Å². The minimum absolute atomic E-state index is 0.637. The van der Waals surface area contributed by atoms with Crippen molar-refractivity contribution in [1.82, 2.24) is 4.57 Å². The molecule has 0 saturated heterocycles. The van der Waals surface area contributed by atoms with Crippen molar-refractivity contribution < 1.29 is 4.42 Å². The number of fused-ring (bicyclic) bond motifs is 7. The third kappa shape index (κ3) is 3.84. The number of allylic oxidation sites excluding steroid dienone is 1. The molecule has 0 saturated carbocycles. The minimum Gasteiger partial charge on any atom is -0.456 e. The predicted molar refractivity (Wildman–Crippen MR) is 179 cm³/mol. The van der Waals surface area contributed by atoms with E-state index in [9.17, 15) is 0 Å². The topological polar surface area (TPSA) is 42.8 Å². The molecule has 0 N–H and O–H groups in total. The predicted octanol–water partition coefficient (Wildman–Crippen LogP) is 9.99. The maximum Gasteiger partial charge on any atom is 0.235 e. The van der Waals surface area contributed by atoms with Gasteiger partial charge in [0.05, 0.1) is 22.4 Å². The number of benzene rings is 6. The van der Waals surface area contributed by atoms with Gasteiger partial charge in [0, 0.05) is 39.6 Å². The highest BCUT2D eigenvalue weighted by Crippen LogP contribution is 2.37. The number of aromatic nitrogens is 1. The van der Waals surface area contributed by atoms with Crippen LogP contribution in [0.1, 0.15) is 17.5 Å². The van der Waals surface area contributed by atoms with E-state index in [0.29, 0.717) is 12.4 Å². The highest BCUT2D eigenvalue weighted by molar-refractivity contribution is 6.21. The third-order valence-electron chi connectivity index (χ3n) is 8.47. The molecule has 0 aliphatic carbocycles. The number of aliphatic imine (C=N–C) groups is 2. The number of hydrogen-bond acceptors (Lipinski definition) is 3. The van der Waals surface area contributed by atoms with Gasteiger partial charge in [0.15, 0.2) is 0 Å². The Hall–Kier alpha value is -5.74. The van der Waals surface area contributed by atoms with Crippen molar-refractivity contribution in [2.24, 2.45) is 9.98 Å². The summed E-state index contributed by atoms with van der Waals surface area (Å²) in [6.45, 7) is 0. The third-order valence-corrected chi connectivity index (χ3v) is 8.47. The minimum atomic E-state index is 0.637. The van der Waals surface area contributed by atoms with Gasteiger partial charge in [-0.3, -0.25) is 4.57 Å². The van der Waals surface area contributed by atoms with Crippen molar-refractivity contribution in [2.75, 3.05) is 0 Å². The first-order valence-corrected chi connectivity index (χ1v) is 14.6. The zero-order valence-corrected chi connectivity index (χ0v) is 23.2. The van der Waals surface area contributed by atoms with Gasteiger partial charge in [-0.2, -0.15) is 0 Å². The van der Waals surface area contributed by atoms with Crippen LogP contribution in [0.25, 0.3) is 60.2 Å². The number of para-hydroxylation sites is 2. The summed E-state index contributed by atoms with van der Waals surface area (Å²) in [5.41, 5.74) is 7.86. The average molecular weight is 552 g/mol. The van der Waals surface area contributed by atoms with Crippen LogP contribution in [-0.4, -0.2) is 16.2 Å². The van der Waals surface area contributed by atoms with Gasteiger partial charge in [-0.1, -0.05) is 109 Å². The van der Waals surface area contributed by atoms with Crippen LogP contribution in [0.3, 0.4) is 0 Å². The summed E-state index contributed by atoms with van der Waals surface area (Å²) in [6, 6.07) is 46.5. The number of nitrogens with zero attached hydrogens (tertiary/aromatic N) is 3. The van der Waals surface area contributed by atoms with Crippen LogP contribution < -0.4 is 0 Å². The van der Waals surface area contributed by atoms with E-state index in [0.717, 1.165) is 66.3 Å². The molecular weight excluding hydrogens is 526 g/mol. The summed E-state index contributed by atoms with van der Waals surface area (Å²) >= 11 is 0. The van der Waals surface area contributed by atoms with Gasteiger partial charge in [0.25, 0.3) is 0 Å². The Bertz CT molecular complexity index is 2470. The number of furan rings is 1. The Morgan fingerprint density at radius 1 is 0.512 bits per heavy atom. The van der Waals surface area contributed by atoms with Gasteiger partial charge in [-0.25, -0.2) is 9.98 Å². The highest BCUT2D eigenvalue weighted by atomic mass is 16.3. The van der Waals surface area contributed by atoms with Crippen molar-refractivity contribution in [3.05, 3.63) is 151 Å². The summed E-state index contributed by atoms with van der Waals surface area (Å²) in [5, 5.41) is 6.94. The second kappa shape index (κ2) is 9.40. The van der Waals surface area contributed by atoms with Gasteiger partial charge in [-0.15, -0.1) is 0 Å². The van der Waals surface area contributed by atoms with E-state index in [2.05, 4.69) is 126 Å². The Morgan fingerprint density at radius 2 is 1.28 bits per heavy atom. The second-order valence-corrected chi connectivity index (χ2v) is 11.0. The Morgan fingerprint density at radius 3 is 2.19 bits per heavy atom. The maximum absolute atomic E-state index is 6.34. The van der Waals surface area contributed by atoms with E-state index >= 15 is 0 Å². The monoisotopic (exact) mass is 551 g/mol. The molecule has 2 aromatic heterocycles. The molecular formula is C39H25N3O. The van der Waals surface area contributed by atoms with Crippen LogP contribution >= 0.6 is 0 Å². The maximum atomic E-state index is 6.34. The van der Waals surface area contributed by atoms with Crippen molar-refractivity contribution >= 4 is 71.9 Å². The lowest BCUT2D eigenvalue weighted by Gasteiger charge is -2.10. The summed E-state index contributed by atoms with van der Waals surface area (Å²) in [5.74, 6) is 0.637. The molecule has 0 atom stereocenters. The zero-order valence-electron chi connectivity index (χ0n) is 23.2. The molecule has 0 unspecified atom stereocenters. The SMILES string of the molecule is C1=C(c2ccc3ccccc3c2)N=C(n2c3ccccc3c3cc4c(cc32)oc2ccccc24)N=C(c2ccccc2)C1. The molecule has 0 amide bonds. The lowest BCUT2D eigenvalue weighted by molar-refractivity contribution is 0.669. The van der Waals surface area contributed by atoms with Crippen molar-refractivity contribution in [2.45, 2.75) is 6.42 Å². The summed E-state index contributed by atoms with van der Waals surface area (Å²) in [4.78, 5) is 10.6. The van der Waals surface area contributed by atoms with E-state index in [-0.39, 0.29) is 0 Å². The van der Waals surface area contributed by atoms with Crippen molar-refractivity contribution in [3.63, 3.8) is 0 Å². The summed E-state index contributed by atoms with van der Waals surface area (Å²) < 4.78 is 8.54. The molecule has 0 bridgehead atoms. The van der Waals surface area contributed by atoms with E-state index in [1.165, 1.54) is 10.8 Å². The molecule has 6 aromatic carbocycles. The molecule has 8 aromatic rings. The van der Waals surface area contributed by atoms with Gasteiger partial charge in [0.1, 0.15) is 11.2 Å². The first-order chi connectivity index (χ1) is 21.3. The van der Waals surface area contributed by atoms with Gasteiger partial charge in [0.2, 0.25) is 5.96 Å². The van der Waals surface area contributed by atoms with Crippen LogP contribution in [-0.2, 0) is 0 Å². The fourth-order valence-corrected chi connectivity index (χ4v) is 6.39. The first kappa shape index (κ1) is 23.9.